The van der Waals surface area contributed by atoms with Crippen molar-refractivity contribution < 1.29 is 14.3 Å². The normalized spacial score (nSPS) is 11.7. The number of benzene rings is 2. The van der Waals surface area contributed by atoms with Gasteiger partial charge >= 0.3 is 5.97 Å². The van der Waals surface area contributed by atoms with Gasteiger partial charge in [0.05, 0.1) is 28.7 Å². The zero-order chi connectivity index (χ0) is 24.6. The first kappa shape index (κ1) is 23.0. The van der Waals surface area contributed by atoms with Crippen molar-refractivity contribution >= 4 is 34.2 Å². The van der Waals surface area contributed by atoms with Crippen LogP contribution in [-0.2, 0) is 0 Å². The van der Waals surface area contributed by atoms with E-state index in [0.717, 1.165) is 5.56 Å². The molecule has 8 heteroatoms. The molecule has 0 saturated heterocycles. The van der Waals surface area contributed by atoms with Crippen molar-refractivity contribution in [2.24, 2.45) is 0 Å². The highest BCUT2D eigenvalue weighted by Gasteiger charge is 2.21. The van der Waals surface area contributed by atoms with Gasteiger partial charge in [-0.15, -0.1) is 0 Å². The summed E-state index contributed by atoms with van der Waals surface area (Å²) in [6.07, 6.45) is 0. The van der Waals surface area contributed by atoms with E-state index in [0.29, 0.717) is 39.0 Å². The van der Waals surface area contributed by atoms with E-state index in [4.69, 9.17) is 16.0 Å². The minimum absolute atomic E-state index is 0.0684. The number of hydrogen-bond donors (Lipinski definition) is 2. The minimum Gasteiger partial charge on any atom is -0.476 e. The Bertz CT molecular complexity index is 1550. The van der Waals surface area contributed by atoms with Crippen molar-refractivity contribution in [3.05, 3.63) is 91.9 Å². The summed E-state index contributed by atoms with van der Waals surface area (Å²) >= 11 is 5.87. The zero-order valence-electron chi connectivity index (χ0n) is 18.6. The van der Waals surface area contributed by atoms with Gasteiger partial charge in [0, 0.05) is 16.7 Å². The molecule has 4 rings (SSSR count). The number of nitrogens with one attached hydrogen (secondary N) is 1. The Hall–Kier alpha value is -4.15. The predicted molar refractivity (Wildman–Crippen MR) is 130 cm³/mol. The molecular formula is C26H20ClN3O4. The molecule has 7 nitrogen and oxygen atoms in total. The highest BCUT2D eigenvalue weighted by atomic mass is 35.5. The summed E-state index contributed by atoms with van der Waals surface area (Å²) in [4.78, 5) is 28.9. The van der Waals surface area contributed by atoms with Crippen LogP contribution >= 0.6 is 11.6 Å². The number of nitrogens with zero attached hydrogens (tertiary/aromatic N) is 2. The number of nitriles is 1. The van der Waals surface area contributed by atoms with Crippen molar-refractivity contribution in [3.63, 3.8) is 0 Å². The molecule has 0 radical (unpaired) electrons. The molecule has 0 aliphatic heterocycles. The van der Waals surface area contributed by atoms with E-state index >= 15 is 0 Å². The number of anilines is 1. The zero-order valence-corrected chi connectivity index (χ0v) is 19.4. The van der Waals surface area contributed by atoms with Crippen LogP contribution in [0.4, 0.5) is 5.69 Å². The smallest absolute Gasteiger partial charge is 0.356 e. The van der Waals surface area contributed by atoms with Gasteiger partial charge in [0.1, 0.15) is 16.5 Å². The molecule has 0 fully saturated rings. The number of aromatic nitrogens is 1. The van der Waals surface area contributed by atoms with Crippen molar-refractivity contribution in [3.8, 4) is 17.4 Å². The van der Waals surface area contributed by atoms with Crippen molar-refractivity contribution in [1.29, 1.82) is 5.26 Å². The van der Waals surface area contributed by atoms with Gasteiger partial charge in [-0.3, -0.25) is 4.79 Å². The maximum Gasteiger partial charge on any atom is 0.356 e. The number of hydrogen-bond acceptors (Lipinski definition) is 6. The number of halogens is 1. The molecule has 0 spiro atoms. The first-order valence-corrected chi connectivity index (χ1v) is 10.8. The summed E-state index contributed by atoms with van der Waals surface area (Å²) in [7, 11) is 0. The van der Waals surface area contributed by atoms with Crippen LogP contribution in [-0.4, -0.2) is 16.1 Å². The van der Waals surface area contributed by atoms with Crippen molar-refractivity contribution in [1.82, 2.24) is 4.98 Å². The quantitative estimate of drug-likeness (QED) is 0.348. The predicted octanol–water partition coefficient (Wildman–Crippen LogP) is 5.87. The first-order valence-electron chi connectivity index (χ1n) is 10.4. The van der Waals surface area contributed by atoms with Gasteiger partial charge in [-0.05, 0) is 56.7 Å². The van der Waals surface area contributed by atoms with Crippen LogP contribution in [0.15, 0.2) is 57.7 Å². The monoisotopic (exact) mass is 473 g/mol. The Kier molecular flexibility index (Phi) is 6.10. The lowest BCUT2D eigenvalue weighted by Crippen LogP contribution is -2.14. The molecule has 0 saturated carbocycles. The lowest BCUT2D eigenvalue weighted by molar-refractivity contribution is 0.0691. The van der Waals surface area contributed by atoms with Crippen LogP contribution in [0.2, 0.25) is 5.15 Å². The number of aromatic carboxylic acids is 1. The summed E-state index contributed by atoms with van der Waals surface area (Å²) in [6.45, 7) is 5.38. The van der Waals surface area contributed by atoms with E-state index in [1.54, 1.807) is 43.3 Å². The maximum absolute atomic E-state index is 13.3. The average molecular weight is 474 g/mol. The Morgan fingerprint density at radius 2 is 1.94 bits per heavy atom. The summed E-state index contributed by atoms with van der Waals surface area (Å²) in [5.41, 5.74) is 3.08. The van der Waals surface area contributed by atoms with Gasteiger partial charge in [-0.2, -0.15) is 5.26 Å². The number of carbonyl (C=O) groups is 1. The standard InChI is InChI=1S/C26H20ClN3O4/c1-13-10-18(15(3)29-20-8-9-21(27)30-22(20)26(32)33)25-19(11-13)23(31)14(2)24(34-25)17-7-5-4-6-16(17)12-28/h4-11,15,29H,1-3H3,(H,32,33). The molecule has 0 bridgehead atoms. The average Bonchev–Trinajstić information content (AvgIpc) is 2.82. The van der Waals surface area contributed by atoms with E-state index in [2.05, 4.69) is 16.4 Å². The summed E-state index contributed by atoms with van der Waals surface area (Å²) in [6, 6.07) is 15.3. The largest absolute Gasteiger partial charge is 0.476 e. The molecule has 2 heterocycles. The highest BCUT2D eigenvalue weighted by Crippen LogP contribution is 2.33. The van der Waals surface area contributed by atoms with Gasteiger partial charge in [-0.1, -0.05) is 29.8 Å². The molecule has 1 atom stereocenters. The number of aryl methyl sites for hydroxylation is 1. The van der Waals surface area contributed by atoms with Crippen LogP contribution in [0, 0.1) is 25.2 Å². The van der Waals surface area contributed by atoms with Crippen LogP contribution in [0.1, 0.15) is 45.7 Å². The third-order valence-corrected chi connectivity index (χ3v) is 5.80. The Labute approximate surface area is 200 Å². The molecule has 0 aliphatic rings. The fourth-order valence-corrected chi connectivity index (χ4v) is 4.10. The molecule has 170 valence electrons. The van der Waals surface area contributed by atoms with E-state index in [9.17, 15) is 20.0 Å². The van der Waals surface area contributed by atoms with Crippen LogP contribution in [0.25, 0.3) is 22.3 Å². The van der Waals surface area contributed by atoms with Crippen molar-refractivity contribution in [2.75, 3.05) is 5.32 Å². The molecule has 2 aromatic carbocycles. The minimum atomic E-state index is -1.22. The van der Waals surface area contributed by atoms with Crippen LogP contribution in [0.3, 0.4) is 0 Å². The van der Waals surface area contributed by atoms with Crippen LogP contribution < -0.4 is 10.7 Å². The number of carboxylic acids is 1. The van der Waals surface area contributed by atoms with E-state index in [1.165, 1.54) is 6.07 Å². The van der Waals surface area contributed by atoms with Gasteiger partial charge in [0.25, 0.3) is 0 Å². The van der Waals surface area contributed by atoms with E-state index in [-0.39, 0.29) is 22.0 Å². The lowest BCUT2D eigenvalue weighted by Gasteiger charge is -2.19. The fourth-order valence-electron chi connectivity index (χ4n) is 3.95. The fraction of sp³-hybridized carbons (Fsp3) is 0.154. The topological polar surface area (TPSA) is 116 Å². The Morgan fingerprint density at radius 3 is 2.65 bits per heavy atom. The molecule has 0 amide bonds. The Morgan fingerprint density at radius 1 is 1.21 bits per heavy atom. The summed E-state index contributed by atoms with van der Waals surface area (Å²) < 4.78 is 6.30. The summed E-state index contributed by atoms with van der Waals surface area (Å²) in [5, 5.41) is 22.7. The van der Waals surface area contributed by atoms with Gasteiger partial charge in [0.15, 0.2) is 11.1 Å². The third-order valence-electron chi connectivity index (χ3n) is 5.59. The second-order valence-electron chi connectivity index (χ2n) is 7.97. The Balaban J connectivity index is 1.92. The molecule has 0 aliphatic carbocycles. The van der Waals surface area contributed by atoms with Gasteiger partial charge < -0.3 is 14.8 Å². The molecule has 2 aromatic heterocycles. The molecule has 1 unspecified atom stereocenters. The van der Waals surface area contributed by atoms with E-state index in [1.807, 2.05) is 19.9 Å². The lowest BCUT2D eigenvalue weighted by atomic mass is 9.97. The van der Waals surface area contributed by atoms with E-state index < -0.39 is 12.0 Å². The van der Waals surface area contributed by atoms with Crippen LogP contribution in [0.5, 0.6) is 0 Å². The third kappa shape index (κ3) is 4.12. The van der Waals surface area contributed by atoms with Gasteiger partial charge in [-0.25, -0.2) is 9.78 Å². The molecule has 34 heavy (non-hydrogen) atoms. The second-order valence-corrected chi connectivity index (χ2v) is 8.36. The van der Waals surface area contributed by atoms with Crippen molar-refractivity contribution in [2.45, 2.75) is 26.8 Å². The SMILES string of the molecule is Cc1cc(C(C)Nc2ccc(Cl)nc2C(=O)O)c2oc(-c3ccccc3C#N)c(C)c(=O)c2c1. The number of pyridine rings is 1. The maximum atomic E-state index is 13.3. The molecular weight excluding hydrogens is 454 g/mol. The molecule has 4 aromatic rings. The molecule has 2 N–H and O–H groups in total. The number of carboxylic acid groups (broad SMARTS) is 1. The van der Waals surface area contributed by atoms with Gasteiger partial charge in [0.2, 0.25) is 0 Å². The first-order chi connectivity index (χ1) is 16.2. The summed E-state index contributed by atoms with van der Waals surface area (Å²) in [5.74, 6) is -0.893. The second kappa shape index (κ2) is 9.00. The number of rotatable bonds is 5. The highest BCUT2D eigenvalue weighted by molar-refractivity contribution is 6.29. The number of fused-ring (bicyclic) bond motifs is 1.